The third kappa shape index (κ3) is 3.30. The van der Waals surface area contributed by atoms with Gasteiger partial charge in [-0.3, -0.25) is 9.89 Å². The highest BCUT2D eigenvalue weighted by Crippen LogP contribution is 2.36. The first-order valence-electron chi connectivity index (χ1n) is 9.37. The number of H-pyrrole nitrogens is 1. The van der Waals surface area contributed by atoms with Gasteiger partial charge in [-0.2, -0.15) is 10.2 Å². The van der Waals surface area contributed by atoms with Crippen LogP contribution in [0.3, 0.4) is 0 Å². The molecule has 0 spiro atoms. The lowest BCUT2D eigenvalue weighted by Crippen LogP contribution is -2.17. The van der Waals surface area contributed by atoms with Gasteiger partial charge in [0, 0.05) is 10.6 Å². The van der Waals surface area contributed by atoms with Crippen LogP contribution in [0.2, 0.25) is 5.02 Å². The fourth-order valence-electron chi connectivity index (χ4n) is 3.86. The number of halogens is 1. The van der Waals surface area contributed by atoms with Crippen molar-refractivity contribution in [2.24, 2.45) is 5.10 Å². The van der Waals surface area contributed by atoms with Gasteiger partial charge in [0.1, 0.15) is 5.69 Å². The quantitative estimate of drug-likeness (QED) is 0.383. The number of aryl methyl sites for hydroxylation is 2. The minimum atomic E-state index is -0.354. The fourth-order valence-corrected chi connectivity index (χ4v) is 4.06. The second kappa shape index (κ2) is 7.18. The molecule has 1 aliphatic carbocycles. The highest BCUT2D eigenvalue weighted by atomic mass is 35.5. The summed E-state index contributed by atoms with van der Waals surface area (Å²) in [6.45, 7) is 0. The minimum Gasteiger partial charge on any atom is -0.272 e. The summed E-state index contributed by atoms with van der Waals surface area (Å²) < 4.78 is 0. The standard InChI is InChI=1S/C23H17ClN4O/c24-17-5-1-3-14(11-17)13-25-28-23(29)21-12-20(26-27-21)18-10-9-16-8-7-15-4-2-6-19(18)22(15)16/h1-6,9-13H,7-8H2,(H,26,27)(H,28,29). The Morgan fingerprint density at radius 3 is 2.76 bits per heavy atom. The van der Waals surface area contributed by atoms with Crippen LogP contribution in [0.15, 0.2) is 65.8 Å². The fraction of sp³-hybridized carbons (Fsp3) is 0.0870. The van der Waals surface area contributed by atoms with E-state index >= 15 is 0 Å². The number of hydrazone groups is 1. The molecule has 1 amide bonds. The van der Waals surface area contributed by atoms with Crippen LogP contribution < -0.4 is 5.43 Å². The molecule has 0 unspecified atom stereocenters. The van der Waals surface area contributed by atoms with Crippen molar-refractivity contribution in [3.05, 3.63) is 88.1 Å². The first-order chi connectivity index (χ1) is 14.2. The zero-order valence-corrected chi connectivity index (χ0v) is 16.2. The minimum absolute atomic E-state index is 0.353. The Balaban J connectivity index is 1.39. The molecule has 142 valence electrons. The van der Waals surface area contributed by atoms with E-state index in [1.807, 2.05) is 12.1 Å². The topological polar surface area (TPSA) is 70.1 Å². The van der Waals surface area contributed by atoms with Crippen molar-refractivity contribution in [1.82, 2.24) is 15.6 Å². The van der Waals surface area contributed by atoms with Crippen molar-refractivity contribution in [2.45, 2.75) is 12.8 Å². The number of hydrogen-bond acceptors (Lipinski definition) is 3. The molecule has 0 radical (unpaired) electrons. The third-order valence-corrected chi connectivity index (χ3v) is 5.44. The molecule has 0 saturated heterocycles. The number of carbonyl (C=O) groups is 1. The van der Waals surface area contributed by atoms with Crippen LogP contribution in [0, 0.1) is 0 Å². The summed E-state index contributed by atoms with van der Waals surface area (Å²) in [4.78, 5) is 12.4. The molecule has 0 bridgehead atoms. The molecule has 0 fully saturated rings. The molecule has 1 heterocycles. The van der Waals surface area contributed by atoms with Crippen LogP contribution >= 0.6 is 11.6 Å². The average Bonchev–Trinajstić information content (AvgIpc) is 3.37. The van der Waals surface area contributed by atoms with Crippen molar-refractivity contribution in [1.29, 1.82) is 0 Å². The zero-order valence-electron chi connectivity index (χ0n) is 15.4. The molecule has 5 nitrogen and oxygen atoms in total. The van der Waals surface area contributed by atoms with Crippen molar-refractivity contribution >= 4 is 34.5 Å². The molecular formula is C23H17ClN4O. The lowest BCUT2D eigenvalue weighted by molar-refractivity contribution is 0.0950. The van der Waals surface area contributed by atoms with Crippen molar-refractivity contribution in [3.8, 4) is 11.3 Å². The van der Waals surface area contributed by atoms with Crippen LogP contribution in [-0.4, -0.2) is 22.3 Å². The number of nitrogens with one attached hydrogen (secondary N) is 2. The Bertz CT molecular complexity index is 1260. The summed E-state index contributed by atoms with van der Waals surface area (Å²) in [5.74, 6) is -0.354. The van der Waals surface area contributed by atoms with Gasteiger partial charge in [-0.1, -0.05) is 54.1 Å². The van der Waals surface area contributed by atoms with Gasteiger partial charge >= 0.3 is 0 Å². The molecule has 1 aromatic heterocycles. The van der Waals surface area contributed by atoms with E-state index in [2.05, 4.69) is 51.1 Å². The molecule has 6 heteroatoms. The van der Waals surface area contributed by atoms with E-state index in [4.69, 9.17) is 11.6 Å². The molecular weight excluding hydrogens is 384 g/mol. The van der Waals surface area contributed by atoms with E-state index in [0.29, 0.717) is 10.7 Å². The maximum absolute atomic E-state index is 12.4. The van der Waals surface area contributed by atoms with Crippen molar-refractivity contribution in [3.63, 3.8) is 0 Å². The molecule has 1 aliphatic rings. The Morgan fingerprint density at radius 2 is 1.90 bits per heavy atom. The van der Waals surface area contributed by atoms with Gasteiger partial charge < -0.3 is 0 Å². The van der Waals surface area contributed by atoms with Crippen LogP contribution in [0.5, 0.6) is 0 Å². The van der Waals surface area contributed by atoms with Gasteiger partial charge in [0.25, 0.3) is 5.91 Å². The second-order valence-corrected chi connectivity index (χ2v) is 7.47. The van der Waals surface area contributed by atoms with E-state index in [1.165, 1.54) is 21.9 Å². The molecule has 0 atom stereocenters. The zero-order chi connectivity index (χ0) is 19.8. The molecule has 2 N–H and O–H groups in total. The summed E-state index contributed by atoms with van der Waals surface area (Å²) in [5.41, 5.74) is 8.18. The summed E-state index contributed by atoms with van der Waals surface area (Å²) in [6.07, 6.45) is 3.70. The number of hydrogen-bond donors (Lipinski definition) is 2. The summed E-state index contributed by atoms with van der Waals surface area (Å²) >= 11 is 5.95. The predicted octanol–water partition coefficient (Wildman–Crippen LogP) is 4.75. The van der Waals surface area contributed by atoms with E-state index in [0.717, 1.165) is 29.7 Å². The lowest BCUT2D eigenvalue weighted by atomic mass is 9.98. The van der Waals surface area contributed by atoms with Gasteiger partial charge in [-0.25, -0.2) is 5.43 Å². The normalized spacial score (nSPS) is 12.7. The van der Waals surface area contributed by atoms with Gasteiger partial charge in [-0.05, 0) is 58.5 Å². The van der Waals surface area contributed by atoms with E-state index in [-0.39, 0.29) is 5.91 Å². The van der Waals surface area contributed by atoms with Crippen LogP contribution in [-0.2, 0) is 12.8 Å². The SMILES string of the molecule is O=C(NN=Cc1cccc(Cl)c1)c1cc(-c2ccc3c4c(cccc24)CC3)n[nH]1. The van der Waals surface area contributed by atoms with Crippen molar-refractivity contribution < 1.29 is 4.79 Å². The maximum Gasteiger partial charge on any atom is 0.289 e. The number of nitrogens with zero attached hydrogens (tertiary/aromatic N) is 2. The Kier molecular flexibility index (Phi) is 4.37. The number of amides is 1. The first-order valence-corrected chi connectivity index (χ1v) is 9.75. The summed E-state index contributed by atoms with van der Waals surface area (Å²) in [5, 5.41) is 14.3. The highest BCUT2D eigenvalue weighted by molar-refractivity contribution is 6.30. The van der Waals surface area contributed by atoms with Gasteiger partial charge in [0.2, 0.25) is 0 Å². The monoisotopic (exact) mass is 400 g/mol. The first kappa shape index (κ1) is 17.6. The average molecular weight is 401 g/mol. The molecule has 4 aromatic rings. The lowest BCUT2D eigenvalue weighted by Gasteiger charge is -2.06. The maximum atomic E-state index is 12.4. The van der Waals surface area contributed by atoms with E-state index in [9.17, 15) is 4.79 Å². The molecule has 5 rings (SSSR count). The number of rotatable bonds is 4. The summed E-state index contributed by atoms with van der Waals surface area (Å²) in [7, 11) is 0. The smallest absolute Gasteiger partial charge is 0.272 e. The number of benzene rings is 3. The molecule has 0 saturated carbocycles. The highest BCUT2D eigenvalue weighted by Gasteiger charge is 2.18. The third-order valence-electron chi connectivity index (χ3n) is 5.20. The predicted molar refractivity (Wildman–Crippen MR) is 115 cm³/mol. The second-order valence-electron chi connectivity index (χ2n) is 7.03. The van der Waals surface area contributed by atoms with Gasteiger partial charge in [0.15, 0.2) is 0 Å². The molecule has 3 aromatic carbocycles. The van der Waals surface area contributed by atoms with Crippen LogP contribution in [0.1, 0.15) is 27.2 Å². The Hall–Kier alpha value is -3.44. The largest absolute Gasteiger partial charge is 0.289 e. The molecule has 29 heavy (non-hydrogen) atoms. The number of aromatic amines is 1. The van der Waals surface area contributed by atoms with Gasteiger partial charge in [0.05, 0.1) is 11.9 Å². The van der Waals surface area contributed by atoms with Crippen LogP contribution in [0.25, 0.3) is 22.0 Å². The number of carbonyl (C=O) groups excluding carboxylic acids is 1. The Morgan fingerprint density at radius 1 is 1.07 bits per heavy atom. The van der Waals surface area contributed by atoms with Gasteiger partial charge in [-0.15, -0.1) is 0 Å². The Labute approximate surface area is 172 Å². The van der Waals surface area contributed by atoms with Crippen LogP contribution in [0.4, 0.5) is 0 Å². The van der Waals surface area contributed by atoms with Crippen molar-refractivity contribution in [2.75, 3.05) is 0 Å². The van der Waals surface area contributed by atoms with E-state index in [1.54, 1.807) is 24.4 Å². The molecule has 0 aliphatic heterocycles. The van der Waals surface area contributed by atoms with E-state index < -0.39 is 0 Å². The number of aromatic nitrogens is 2. The summed E-state index contributed by atoms with van der Waals surface area (Å²) in [6, 6.07) is 19.6.